The highest BCUT2D eigenvalue weighted by Crippen LogP contribution is 2.08. The lowest BCUT2D eigenvalue weighted by Gasteiger charge is -2.05. The van der Waals surface area contributed by atoms with Crippen LogP contribution in [0.25, 0.3) is 0 Å². The first-order valence-electron chi connectivity index (χ1n) is 5.40. The quantitative estimate of drug-likeness (QED) is 0.842. The van der Waals surface area contributed by atoms with Gasteiger partial charge in [-0.3, -0.25) is 4.79 Å². The largest absolute Gasteiger partial charge is 0.367 e. The Bertz CT molecular complexity index is 599. The molecule has 0 radical (unpaired) electrons. The molecule has 8 heteroatoms. The number of aromatic nitrogens is 3. The van der Waals surface area contributed by atoms with E-state index >= 15 is 0 Å². The van der Waals surface area contributed by atoms with Crippen LogP contribution in [0.2, 0.25) is 0 Å². The fourth-order valence-electron chi connectivity index (χ4n) is 1.44. The van der Waals surface area contributed by atoms with Crippen LogP contribution in [0.4, 0.5) is 14.7 Å². The number of nitrogens with two attached hydrogens (primary N) is 1. The van der Waals surface area contributed by atoms with E-state index in [1.165, 1.54) is 17.1 Å². The first-order chi connectivity index (χ1) is 9.04. The highest BCUT2D eigenvalue weighted by molar-refractivity contribution is 5.75. The zero-order valence-corrected chi connectivity index (χ0v) is 9.81. The fraction of sp³-hybridized carbons (Fsp3) is 0.182. The maximum Gasteiger partial charge on any atom is 0.242 e. The lowest BCUT2D eigenvalue weighted by Crippen LogP contribution is -2.27. The summed E-state index contributed by atoms with van der Waals surface area (Å²) < 4.78 is 26.9. The number of hydrogen-bond acceptors (Lipinski definition) is 4. The number of benzene rings is 1. The van der Waals surface area contributed by atoms with E-state index < -0.39 is 11.6 Å². The molecule has 6 nitrogen and oxygen atoms in total. The van der Waals surface area contributed by atoms with Crippen molar-refractivity contribution in [2.45, 2.75) is 13.1 Å². The van der Waals surface area contributed by atoms with Crippen LogP contribution in [0, 0.1) is 11.6 Å². The molecule has 0 saturated heterocycles. The smallest absolute Gasteiger partial charge is 0.242 e. The van der Waals surface area contributed by atoms with Crippen LogP contribution in [-0.2, 0) is 17.9 Å². The molecule has 0 fully saturated rings. The number of rotatable bonds is 4. The van der Waals surface area contributed by atoms with E-state index in [0.717, 1.165) is 12.1 Å². The second-order valence-corrected chi connectivity index (χ2v) is 3.83. The second kappa shape index (κ2) is 5.42. The van der Waals surface area contributed by atoms with Gasteiger partial charge in [-0.25, -0.2) is 18.4 Å². The minimum Gasteiger partial charge on any atom is -0.367 e. The Morgan fingerprint density at radius 1 is 1.37 bits per heavy atom. The van der Waals surface area contributed by atoms with Crippen LogP contribution < -0.4 is 11.1 Å². The Labute approximate surface area is 107 Å². The number of anilines is 1. The third kappa shape index (κ3) is 3.47. The molecular formula is C11H11F2N5O. The topological polar surface area (TPSA) is 85.8 Å². The van der Waals surface area contributed by atoms with Crippen LogP contribution in [0.5, 0.6) is 0 Å². The van der Waals surface area contributed by atoms with E-state index in [-0.39, 0.29) is 24.9 Å². The summed E-state index contributed by atoms with van der Waals surface area (Å²) in [7, 11) is 0. The number of nitrogens with zero attached hydrogens (tertiary/aromatic N) is 3. The van der Waals surface area contributed by atoms with Gasteiger partial charge in [0.1, 0.15) is 12.9 Å². The van der Waals surface area contributed by atoms with Crippen LogP contribution in [-0.4, -0.2) is 20.7 Å². The summed E-state index contributed by atoms with van der Waals surface area (Å²) in [5.74, 6) is -2.13. The lowest BCUT2D eigenvalue weighted by atomic mass is 10.2. The molecule has 2 aromatic rings. The Kier molecular flexibility index (Phi) is 3.69. The molecule has 0 bridgehead atoms. The van der Waals surface area contributed by atoms with E-state index in [0.29, 0.717) is 5.56 Å². The second-order valence-electron chi connectivity index (χ2n) is 3.83. The molecule has 100 valence electrons. The van der Waals surface area contributed by atoms with E-state index in [4.69, 9.17) is 5.73 Å². The van der Waals surface area contributed by atoms with Gasteiger partial charge < -0.3 is 11.1 Å². The van der Waals surface area contributed by atoms with E-state index in [2.05, 4.69) is 15.4 Å². The summed E-state index contributed by atoms with van der Waals surface area (Å²) in [6, 6.07) is 3.43. The molecule has 0 aliphatic heterocycles. The number of nitrogen functional groups attached to an aromatic ring is 1. The van der Waals surface area contributed by atoms with Crippen molar-refractivity contribution < 1.29 is 13.6 Å². The van der Waals surface area contributed by atoms with E-state index in [1.807, 2.05) is 0 Å². The highest BCUT2D eigenvalue weighted by Gasteiger charge is 2.06. The number of carbonyl (C=O) groups is 1. The summed E-state index contributed by atoms with van der Waals surface area (Å²) in [6.45, 7) is 0.0497. The maximum absolute atomic E-state index is 12.9. The van der Waals surface area contributed by atoms with Gasteiger partial charge in [0.2, 0.25) is 11.9 Å². The van der Waals surface area contributed by atoms with Gasteiger partial charge in [-0.15, -0.1) is 5.10 Å². The van der Waals surface area contributed by atoms with Gasteiger partial charge in [0, 0.05) is 6.54 Å². The number of hydrogen-bond donors (Lipinski definition) is 2. The van der Waals surface area contributed by atoms with Gasteiger partial charge in [0.25, 0.3) is 0 Å². The monoisotopic (exact) mass is 267 g/mol. The number of carbonyl (C=O) groups excluding carboxylic acids is 1. The molecule has 0 spiro atoms. The van der Waals surface area contributed by atoms with Crippen molar-refractivity contribution in [3.05, 3.63) is 41.7 Å². The summed E-state index contributed by atoms with van der Waals surface area (Å²) in [6.07, 6.45) is 1.33. The molecule has 19 heavy (non-hydrogen) atoms. The normalized spacial score (nSPS) is 10.4. The zero-order chi connectivity index (χ0) is 13.8. The molecular weight excluding hydrogens is 256 g/mol. The average Bonchev–Trinajstić information content (AvgIpc) is 2.76. The first kappa shape index (κ1) is 12.9. The first-order valence-corrected chi connectivity index (χ1v) is 5.40. The number of nitrogens with one attached hydrogen (secondary N) is 1. The van der Waals surface area contributed by atoms with E-state index in [1.54, 1.807) is 0 Å². The fourth-order valence-corrected chi connectivity index (χ4v) is 1.44. The van der Waals surface area contributed by atoms with E-state index in [9.17, 15) is 13.6 Å². The summed E-state index contributed by atoms with van der Waals surface area (Å²) >= 11 is 0. The van der Waals surface area contributed by atoms with Crippen molar-refractivity contribution in [3.8, 4) is 0 Å². The van der Waals surface area contributed by atoms with Crippen molar-refractivity contribution in [1.29, 1.82) is 0 Å². The third-order valence-electron chi connectivity index (χ3n) is 2.33. The lowest BCUT2D eigenvalue weighted by molar-refractivity contribution is -0.122. The summed E-state index contributed by atoms with van der Waals surface area (Å²) in [4.78, 5) is 15.2. The van der Waals surface area contributed by atoms with Gasteiger partial charge in [0.05, 0.1) is 0 Å². The molecule has 1 aromatic carbocycles. The SMILES string of the molecule is Nc1ncn(CC(=O)NCc2ccc(F)c(F)c2)n1. The molecule has 3 N–H and O–H groups in total. The van der Waals surface area contributed by atoms with Gasteiger partial charge in [-0.05, 0) is 17.7 Å². The van der Waals surface area contributed by atoms with Crippen LogP contribution >= 0.6 is 0 Å². The highest BCUT2D eigenvalue weighted by atomic mass is 19.2. The van der Waals surface area contributed by atoms with Crippen molar-refractivity contribution in [2.24, 2.45) is 0 Å². The van der Waals surface area contributed by atoms with Crippen molar-refractivity contribution in [3.63, 3.8) is 0 Å². The minimum atomic E-state index is -0.948. The Morgan fingerprint density at radius 3 is 2.79 bits per heavy atom. The van der Waals surface area contributed by atoms with Crippen LogP contribution in [0.1, 0.15) is 5.56 Å². The van der Waals surface area contributed by atoms with Gasteiger partial charge in [-0.1, -0.05) is 6.07 Å². The Balaban J connectivity index is 1.88. The average molecular weight is 267 g/mol. The van der Waals surface area contributed by atoms with Crippen molar-refractivity contribution >= 4 is 11.9 Å². The molecule has 0 unspecified atom stereocenters. The minimum absolute atomic E-state index is 0.0477. The predicted octanol–water partition coefficient (Wildman–Crippen LogP) is 0.455. The van der Waals surface area contributed by atoms with Crippen molar-refractivity contribution in [1.82, 2.24) is 20.1 Å². The molecule has 2 rings (SSSR count). The van der Waals surface area contributed by atoms with Gasteiger partial charge >= 0.3 is 0 Å². The van der Waals surface area contributed by atoms with Gasteiger partial charge in [0.15, 0.2) is 11.6 Å². The third-order valence-corrected chi connectivity index (χ3v) is 2.33. The summed E-state index contributed by atoms with van der Waals surface area (Å²) in [5.41, 5.74) is 5.76. The number of halogens is 2. The predicted molar refractivity (Wildman–Crippen MR) is 62.6 cm³/mol. The molecule has 0 atom stereocenters. The Morgan fingerprint density at radius 2 is 2.16 bits per heavy atom. The molecule has 1 heterocycles. The van der Waals surface area contributed by atoms with Crippen LogP contribution in [0.15, 0.2) is 24.5 Å². The number of amides is 1. The molecule has 1 aromatic heterocycles. The summed E-state index contributed by atoms with van der Waals surface area (Å²) in [5, 5.41) is 6.29. The standard InChI is InChI=1S/C11H11F2N5O/c12-8-2-1-7(3-9(8)13)4-15-10(19)5-18-6-16-11(14)17-18/h1-3,6H,4-5H2,(H2,14,17)(H,15,19). The maximum atomic E-state index is 12.9. The van der Waals surface area contributed by atoms with Crippen molar-refractivity contribution in [2.75, 3.05) is 5.73 Å². The molecule has 1 amide bonds. The van der Waals surface area contributed by atoms with Crippen LogP contribution in [0.3, 0.4) is 0 Å². The molecule has 0 aliphatic rings. The zero-order valence-electron chi connectivity index (χ0n) is 9.81. The Hall–Kier alpha value is -2.51. The van der Waals surface area contributed by atoms with Gasteiger partial charge in [-0.2, -0.15) is 0 Å². The molecule has 0 saturated carbocycles. The molecule has 0 aliphatic carbocycles.